The van der Waals surface area contributed by atoms with Crippen molar-refractivity contribution in [1.82, 2.24) is 10.6 Å². The van der Waals surface area contributed by atoms with Crippen molar-refractivity contribution in [3.05, 3.63) is 29.8 Å². The molecular weight excluding hydrogens is 320 g/mol. The fourth-order valence-corrected chi connectivity index (χ4v) is 4.06. The van der Waals surface area contributed by atoms with Gasteiger partial charge in [0.1, 0.15) is 5.75 Å². The lowest BCUT2D eigenvalue weighted by Gasteiger charge is -2.11. The lowest BCUT2D eigenvalue weighted by molar-refractivity contribution is -0.139. The maximum Gasteiger partial charge on any atom is 0.309 e. The van der Waals surface area contributed by atoms with E-state index in [4.69, 9.17) is 4.74 Å². The number of sulfone groups is 1. The second-order valence-corrected chi connectivity index (χ2v) is 7.66. The van der Waals surface area contributed by atoms with Crippen LogP contribution in [0.5, 0.6) is 5.75 Å². The van der Waals surface area contributed by atoms with Crippen molar-refractivity contribution < 1.29 is 22.7 Å². The molecule has 1 saturated heterocycles. The van der Waals surface area contributed by atoms with Crippen LogP contribution in [-0.2, 0) is 25.8 Å². The van der Waals surface area contributed by atoms with Crippen molar-refractivity contribution in [2.45, 2.75) is 18.9 Å². The van der Waals surface area contributed by atoms with Crippen LogP contribution >= 0.6 is 0 Å². The zero-order valence-corrected chi connectivity index (χ0v) is 13.7. The van der Waals surface area contributed by atoms with Gasteiger partial charge in [-0.05, 0) is 30.5 Å². The van der Waals surface area contributed by atoms with Gasteiger partial charge in [-0.3, -0.25) is 9.59 Å². The van der Waals surface area contributed by atoms with Gasteiger partial charge in [-0.25, -0.2) is 8.42 Å². The first-order valence-corrected chi connectivity index (χ1v) is 9.14. The number of carbonyl (C=O) groups is 2. The average molecular weight is 340 g/mol. The molecule has 1 unspecified atom stereocenters. The molecule has 7 nitrogen and oxygen atoms in total. The summed E-state index contributed by atoms with van der Waals surface area (Å²) in [7, 11) is -1.51. The standard InChI is InChI=1S/C15H20N2O5S/c1-22-13-4-2-3-11(9-13)5-7-16-14(18)15(19)17-12-6-8-23(20,21)10-12/h2-4,9,12H,5-8,10H2,1H3,(H,16,18)(H,17,19). The molecule has 2 rings (SSSR count). The second-order valence-electron chi connectivity index (χ2n) is 5.43. The number of hydrogen-bond acceptors (Lipinski definition) is 5. The molecule has 0 bridgehead atoms. The van der Waals surface area contributed by atoms with Gasteiger partial charge in [0.25, 0.3) is 0 Å². The van der Waals surface area contributed by atoms with Gasteiger partial charge >= 0.3 is 11.8 Å². The minimum atomic E-state index is -3.08. The Morgan fingerprint density at radius 1 is 1.30 bits per heavy atom. The number of hydrogen-bond donors (Lipinski definition) is 2. The summed E-state index contributed by atoms with van der Waals surface area (Å²) in [6.45, 7) is 0.308. The van der Waals surface area contributed by atoms with E-state index in [2.05, 4.69) is 10.6 Å². The summed E-state index contributed by atoms with van der Waals surface area (Å²) in [5, 5.41) is 4.97. The van der Waals surface area contributed by atoms with Crippen LogP contribution in [0.3, 0.4) is 0 Å². The van der Waals surface area contributed by atoms with Gasteiger partial charge in [-0.2, -0.15) is 0 Å². The van der Waals surface area contributed by atoms with E-state index in [0.29, 0.717) is 19.4 Å². The third kappa shape index (κ3) is 5.24. The van der Waals surface area contributed by atoms with Crippen LogP contribution in [0, 0.1) is 0 Å². The summed E-state index contributed by atoms with van der Waals surface area (Å²) in [6, 6.07) is 6.96. The van der Waals surface area contributed by atoms with E-state index in [9.17, 15) is 18.0 Å². The molecule has 23 heavy (non-hydrogen) atoms. The number of nitrogens with one attached hydrogen (secondary N) is 2. The summed E-state index contributed by atoms with van der Waals surface area (Å²) in [6.07, 6.45) is 0.916. The summed E-state index contributed by atoms with van der Waals surface area (Å²) < 4.78 is 27.7. The molecule has 1 aliphatic rings. The largest absolute Gasteiger partial charge is 0.497 e. The number of amides is 2. The molecule has 1 heterocycles. The van der Waals surface area contributed by atoms with Gasteiger partial charge in [-0.15, -0.1) is 0 Å². The summed E-state index contributed by atoms with van der Waals surface area (Å²) in [5.41, 5.74) is 0.979. The van der Waals surface area contributed by atoms with E-state index in [0.717, 1.165) is 11.3 Å². The van der Waals surface area contributed by atoms with Crippen molar-refractivity contribution in [2.24, 2.45) is 0 Å². The zero-order valence-electron chi connectivity index (χ0n) is 12.9. The molecule has 0 spiro atoms. The Morgan fingerprint density at radius 2 is 2.09 bits per heavy atom. The quantitative estimate of drug-likeness (QED) is 0.714. The highest BCUT2D eigenvalue weighted by atomic mass is 32.2. The van der Waals surface area contributed by atoms with Crippen LogP contribution < -0.4 is 15.4 Å². The first-order valence-electron chi connectivity index (χ1n) is 7.31. The van der Waals surface area contributed by atoms with Crippen molar-refractivity contribution in [1.29, 1.82) is 0 Å². The molecule has 1 aliphatic heterocycles. The Balaban J connectivity index is 1.75. The molecule has 8 heteroatoms. The summed E-state index contributed by atoms with van der Waals surface area (Å²) in [5.74, 6) is -0.866. The maximum absolute atomic E-state index is 11.7. The Labute approximate surface area is 135 Å². The number of methoxy groups -OCH3 is 1. The molecule has 2 amide bonds. The first-order chi connectivity index (χ1) is 10.9. The lowest BCUT2D eigenvalue weighted by Crippen LogP contribution is -2.45. The van der Waals surface area contributed by atoms with Crippen LogP contribution in [-0.4, -0.2) is 51.4 Å². The SMILES string of the molecule is COc1cccc(CCNC(=O)C(=O)NC2CCS(=O)(=O)C2)c1. The van der Waals surface area contributed by atoms with E-state index in [1.807, 2.05) is 24.3 Å². The van der Waals surface area contributed by atoms with E-state index in [1.54, 1.807) is 7.11 Å². The van der Waals surface area contributed by atoms with Crippen LogP contribution in [0.1, 0.15) is 12.0 Å². The summed E-state index contributed by atoms with van der Waals surface area (Å²) in [4.78, 5) is 23.4. The zero-order chi connectivity index (χ0) is 16.9. The minimum Gasteiger partial charge on any atom is -0.497 e. The number of benzene rings is 1. The van der Waals surface area contributed by atoms with Crippen LogP contribution in [0.4, 0.5) is 0 Å². The Kier molecular flexibility index (Phi) is 5.59. The Morgan fingerprint density at radius 3 is 2.74 bits per heavy atom. The molecule has 0 aromatic heterocycles. The third-order valence-electron chi connectivity index (χ3n) is 3.61. The van der Waals surface area contributed by atoms with Gasteiger partial charge in [0, 0.05) is 12.6 Å². The van der Waals surface area contributed by atoms with E-state index < -0.39 is 27.7 Å². The molecule has 1 aromatic rings. The molecular formula is C15H20N2O5S. The van der Waals surface area contributed by atoms with Crippen molar-refractivity contribution >= 4 is 21.7 Å². The highest BCUT2D eigenvalue weighted by Gasteiger charge is 2.30. The van der Waals surface area contributed by atoms with Gasteiger partial charge in [0.15, 0.2) is 9.84 Å². The lowest BCUT2D eigenvalue weighted by atomic mass is 10.1. The number of ether oxygens (including phenoxy) is 1. The predicted octanol–water partition coefficient (Wildman–Crippen LogP) is -0.343. The molecule has 0 saturated carbocycles. The average Bonchev–Trinajstić information content (AvgIpc) is 2.86. The normalized spacial score (nSPS) is 19.1. The van der Waals surface area contributed by atoms with E-state index in [-0.39, 0.29) is 11.5 Å². The second kappa shape index (κ2) is 7.45. The number of carbonyl (C=O) groups excluding carboxylic acids is 2. The van der Waals surface area contributed by atoms with Crippen LogP contribution in [0.25, 0.3) is 0 Å². The Bertz CT molecular complexity index is 687. The van der Waals surface area contributed by atoms with Crippen LogP contribution in [0.2, 0.25) is 0 Å². The van der Waals surface area contributed by atoms with Gasteiger partial charge in [-0.1, -0.05) is 12.1 Å². The first kappa shape index (κ1) is 17.3. The molecule has 1 fully saturated rings. The van der Waals surface area contributed by atoms with Gasteiger partial charge in [0.05, 0.1) is 18.6 Å². The monoisotopic (exact) mass is 340 g/mol. The van der Waals surface area contributed by atoms with E-state index >= 15 is 0 Å². The highest BCUT2D eigenvalue weighted by molar-refractivity contribution is 7.91. The number of rotatable bonds is 5. The summed E-state index contributed by atoms with van der Waals surface area (Å²) >= 11 is 0. The minimum absolute atomic E-state index is 0.0510. The fraction of sp³-hybridized carbons (Fsp3) is 0.467. The predicted molar refractivity (Wildman–Crippen MR) is 84.9 cm³/mol. The van der Waals surface area contributed by atoms with Gasteiger partial charge < -0.3 is 15.4 Å². The topological polar surface area (TPSA) is 102 Å². The third-order valence-corrected chi connectivity index (χ3v) is 5.38. The Hall–Kier alpha value is -2.09. The molecule has 126 valence electrons. The molecule has 0 aliphatic carbocycles. The highest BCUT2D eigenvalue weighted by Crippen LogP contribution is 2.12. The van der Waals surface area contributed by atoms with Crippen molar-refractivity contribution in [3.63, 3.8) is 0 Å². The van der Waals surface area contributed by atoms with E-state index in [1.165, 1.54) is 0 Å². The molecule has 2 N–H and O–H groups in total. The molecule has 1 atom stereocenters. The van der Waals surface area contributed by atoms with Crippen LogP contribution in [0.15, 0.2) is 24.3 Å². The van der Waals surface area contributed by atoms with Gasteiger partial charge in [0.2, 0.25) is 0 Å². The smallest absolute Gasteiger partial charge is 0.309 e. The van der Waals surface area contributed by atoms with Crippen molar-refractivity contribution in [3.8, 4) is 5.75 Å². The van der Waals surface area contributed by atoms with Crippen molar-refractivity contribution in [2.75, 3.05) is 25.2 Å². The molecule has 1 aromatic carbocycles. The molecule has 0 radical (unpaired) electrons. The fourth-order valence-electron chi connectivity index (χ4n) is 2.39. The maximum atomic E-state index is 11.7.